The molecule has 0 spiro atoms. The second kappa shape index (κ2) is 4.80. The number of rotatable bonds is 4. The normalized spacial score (nSPS) is 11.9. The second-order valence-electron chi connectivity index (χ2n) is 4.84. The third-order valence-corrected chi connectivity index (χ3v) is 3.52. The Bertz CT molecular complexity index is 696. The number of thiophene rings is 1. The minimum Gasteiger partial charge on any atom is -0.418 e. The van der Waals surface area contributed by atoms with Crippen LogP contribution < -0.4 is 0 Å². The van der Waals surface area contributed by atoms with E-state index >= 15 is 0 Å². The molecule has 3 heterocycles. The van der Waals surface area contributed by atoms with E-state index in [1.54, 1.807) is 24.7 Å². The van der Waals surface area contributed by atoms with E-state index in [4.69, 9.17) is 4.42 Å². The molecular formula is C12H13N5O2S. The Balaban J connectivity index is 1.77. The highest BCUT2D eigenvalue weighted by molar-refractivity contribution is 7.13. The van der Waals surface area contributed by atoms with E-state index in [1.165, 1.54) is 11.3 Å². The zero-order valence-electron chi connectivity index (χ0n) is 11.0. The summed E-state index contributed by atoms with van der Waals surface area (Å²) >= 11 is 1.54. The van der Waals surface area contributed by atoms with Gasteiger partial charge in [0.05, 0.1) is 11.1 Å². The first-order chi connectivity index (χ1) is 9.52. The largest absolute Gasteiger partial charge is 0.418 e. The van der Waals surface area contributed by atoms with E-state index < -0.39 is 5.60 Å². The fourth-order valence-electron chi connectivity index (χ4n) is 1.61. The van der Waals surface area contributed by atoms with Crippen molar-refractivity contribution in [2.24, 2.45) is 0 Å². The van der Waals surface area contributed by atoms with Gasteiger partial charge in [-0.05, 0) is 25.3 Å². The van der Waals surface area contributed by atoms with E-state index in [0.717, 1.165) is 4.88 Å². The highest BCUT2D eigenvalue weighted by atomic mass is 32.1. The molecule has 0 unspecified atom stereocenters. The summed E-state index contributed by atoms with van der Waals surface area (Å²) in [6, 6.07) is 3.85. The lowest BCUT2D eigenvalue weighted by molar-refractivity contribution is 0.0737. The Hall–Kier alpha value is -2.06. The lowest BCUT2D eigenvalue weighted by atomic mass is 10.1. The van der Waals surface area contributed by atoms with Crippen molar-refractivity contribution in [3.63, 3.8) is 0 Å². The number of aliphatic hydroxyl groups is 1. The lowest BCUT2D eigenvalue weighted by Gasteiger charge is -2.11. The Kier molecular flexibility index (Phi) is 3.11. The van der Waals surface area contributed by atoms with Gasteiger partial charge < -0.3 is 9.52 Å². The van der Waals surface area contributed by atoms with Crippen molar-refractivity contribution in [3.05, 3.63) is 35.3 Å². The molecule has 0 aliphatic rings. The molecule has 1 N–H and O–H groups in total. The molecule has 0 amide bonds. The summed E-state index contributed by atoms with van der Waals surface area (Å²) in [5.41, 5.74) is -0.523. The van der Waals surface area contributed by atoms with Crippen LogP contribution in [0.3, 0.4) is 0 Å². The van der Waals surface area contributed by atoms with E-state index in [-0.39, 0.29) is 0 Å². The molecule has 0 saturated carbocycles. The van der Waals surface area contributed by atoms with Crippen LogP contribution >= 0.6 is 11.3 Å². The molecule has 8 heteroatoms. The number of nitrogens with zero attached hydrogens (tertiary/aromatic N) is 5. The summed E-state index contributed by atoms with van der Waals surface area (Å²) in [5.74, 6) is 0.943. The summed E-state index contributed by atoms with van der Waals surface area (Å²) in [4.78, 5) is 0.930. The summed E-state index contributed by atoms with van der Waals surface area (Å²) < 4.78 is 7.12. The minimum atomic E-state index is -1.02. The third kappa shape index (κ3) is 2.61. The van der Waals surface area contributed by atoms with E-state index in [0.29, 0.717) is 24.0 Å². The molecule has 0 aromatic carbocycles. The van der Waals surface area contributed by atoms with Gasteiger partial charge in [-0.2, -0.15) is 0 Å². The van der Waals surface area contributed by atoms with Gasteiger partial charge in [0.15, 0.2) is 0 Å². The van der Waals surface area contributed by atoms with E-state index in [9.17, 15) is 5.11 Å². The third-order valence-electron chi connectivity index (χ3n) is 2.66. The summed E-state index contributed by atoms with van der Waals surface area (Å²) in [6.45, 7) is 3.63. The fourth-order valence-corrected chi connectivity index (χ4v) is 2.26. The minimum absolute atomic E-state index is 0.321. The van der Waals surface area contributed by atoms with Crippen LogP contribution in [0.15, 0.2) is 28.1 Å². The van der Waals surface area contributed by atoms with Gasteiger partial charge in [0.25, 0.3) is 5.89 Å². The molecule has 3 aromatic heterocycles. The first-order valence-electron chi connectivity index (χ1n) is 6.01. The van der Waals surface area contributed by atoms with Gasteiger partial charge in [-0.3, -0.25) is 0 Å². The molecule has 0 radical (unpaired) electrons. The zero-order chi connectivity index (χ0) is 14.2. The first kappa shape index (κ1) is 12.9. The average Bonchev–Trinajstić information content (AvgIpc) is 3.08. The Labute approximate surface area is 118 Å². The van der Waals surface area contributed by atoms with Gasteiger partial charge in [-0.1, -0.05) is 11.3 Å². The summed E-state index contributed by atoms with van der Waals surface area (Å²) in [6.07, 6.45) is 1.66. The SMILES string of the molecule is CC(C)(O)c1cn(Cc2nnc(-c3cccs3)o2)nn1. The smallest absolute Gasteiger partial charge is 0.257 e. The molecule has 0 aliphatic heterocycles. The van der Waals surface area contributed by atoms with Crippen molar-refractivity contribution in [1.29, 1.82) is 0 Å². The molecule has 3 rings (SSSR count). The van der Waals surface area contributed by atoms with Crippen LogP contribution in [0.5, 0.6) is 0 Å². The van der Waals surface area contributed by atoms with Gasteiger partial charge in [-0.15, -0.1) is 26.6 Å². The molecule has 0 saturated heterocycles. The van der Waals surface area contributed by atoms with Gasteiger partial charge in [0, 0.05) is 0 Å². The zero-order valence-corrected chi connectivity index (χ0v) is 11.8. The van der Waals surface area contributed by atoms with Crippen LogP contribution in [0.4, 0.5) is 0 Å². The maximum atomic E-state index is 9.83. The Morgan fingerprint density at radius 1 is 1.35 bits per heavy atom. The van der Waals surface area contributed by atoms with Crippen LogP contribution in [-0.2, 0) is 12.1 Å². The van der Waals surface area contributed by atoms with Crippen molar-refractivity contribution in [3.8, 4) is 10.8 Å². The number of hydrogen-bond acceptors (Lipinski definition) is 7. The van der Waals surface area contributed by atoms with Gasteiger partial charge in [-0.25, -0.2) is 4.68 Å². The molecular weight excluding hydrogens is 278 g/mol. The Morgan fingerprint density at radius 2 is 2.20 bits per heavy atom. The van der Waals surface area contributed by atoms with Crippen molar-refractivity contribution in [1.82, 2.24) is 25.2 Å². The standard InChI is InChI=1S/C12H13N5O2S/c1-12(2,18)9-6-17(16-13-9)7-10-14-15-11(19-10)8-4-3-5-20-8/h3-6,18H,7H2,1-2H3. The van der Waals surface area contributed by atoms with Gasteiger partial charge >= 0.3 is 0 Å². The summed E-state index contributed by atoms with van der Waals surface area (Å²) in [7, 11) is 0. The van der Waals surface area contributed by atoms with Crippen molar-refractivity contribution in [2.45, 2.75) is 26.0 Å². The van der Waals surface area contributed by atoms with Crippen LogP contribution in [0.25, 0.3) is 10.8 Å². The van der Waals surface area contributed by atoms with Gasteiger partial charge in [0.1, 0.15) is 17.8 Å². The molecule has 7 nitrogen and oxygen atoms in total. The van der Waals surface area contributed by atoms with E-state index in [2.05, 4.69) is 20.5 Å². The molecule has 0 fully saturated rings. The molecule has 3 aromatic rings. The molecule has 20 heavy (non-hydrogen) atoms. The van der Waals surface area contributed by atoms with Crippen molar-refractivity contribution >= 4 is 11.3 Å². The molecule has 0 aliphatic carbocycles. The predicted molar refractivity (Wildman–Crippen MR) is 72.0 cm³/mol. The fraction of sp³-hybridized carbons (Fsp3) is 0.333. The van der Waals surface area contributed by atoms with Crippen molar-refractivity contribution < 1.29 is 9.52 Å². The lowest BCUT2D eigenvalue weighted by Crippen LogP contribution is -2.15. The van der Waals surface area contributed by atoms with Crippen molar-refractivity contribution in [2.75, 3.05) is 0 Å². The highest BCUT2D eigenvalue weighted by Crippen LogP contribution is 2.23. The Morgan fingerprint density at radius 3 is 2.85 bits per heavy atom. The second-order valence-corrected chi connectivity index (χ2v) is 5.79. The topological polar surface area (TPSA) is 89.9 Å². The molecule has 0 atom stereocenters. The maximum Gasteiger partial charge on any atom is 0.257 e. The molecule has 104 valence electrons. The van der Waals surface area contributed by atoms with Crippen LogP contribution in [0.1, 0.15) is 25.4 Å². The summed E-state index contributed by atoms with van der Waals surface area (Å²) in [5, 5.41) is 27.6. The van der Waals surface area contributed by atoms with E-state index in [1.807, 2.05) is 17.5 Å². The highest BCUT2D eigenvalue weighted by Gasteiger charge is 2.20. The quantitative estimate of drug-likeness (QED) is 0.786. The predicted octanol–water partition coefficient (Wildman–Crippen LogP) is 1.67. The van der Waals surface area contributed by atoms with Crippen LogP contribution in [0, 0.1) is 0 Å². The monoisotopic (exact) mass is 291 g/mol. The first-order valence-corrected chi connectivity index (χ1v) is 6.89. The number of aromatic nitrogens is 5. The van der Waals surface area contributed by atoms with Crippen LogP contribution in [-0.4, -0.2) is 30.3 Å². The maximum absolute atomic E-state index is 9.83. The van der Waals surface area contributed by atoms with Gasteiger partial charge in [0.2, 0.25) is 5.89 Å². The number of hydrogen-bond donors (Lipinski definition) is 1. The average molecular weight is 291 g/mol. The van der Waals surface area contributed by atoms with Crippen LogP contribution in [0.2, 0.25) is 0 Å². The molecule has 0 bridgehead atoms.